The van der Waals surface area contributed by atoms with Crippen LogP contribution in [-0.2, 0) is 0 Å². The average molecular weight is 223 g/mol. The number of hydrogen-bond donors (Lipinski definition) is 1. The molecule has 0 amide bonds. The fourth-order valence-corrected chi connectivity index (χ4v) is 3.32. The fourth-order valence-electron chi connectivity index (χ4n) is 1.97. The van der Waals surface area contributed by atoms with Crippen LogP contribution in [-0.4, -0.2) is 21.1 Å². The monoisotopic (exact) mass is 223 g/mol. The van der Waals surface area contributed by atoms with Crippen LogP contribution in [0.1, 0.15) is 36.5 Å². The zero-order valence-electron chi connectivity index (χ0n) is 9.02. The summed E-state index contributed by atoms with van der Waals surface area (Å²) in [5.41, 5.74) is 2.08. The van der Waals surface area contributed by atoms with E-state index in [0.717, 1.165) is 17.5 Å². The molecule has 1 aliphatic heterocycles. The van der Waals surface area contributed by atoms with Crippen molar-refractivity contribution in [1.29, 1.82) is 0 Å². The van der Waals surface area contributed by atoms with Crippen LogP contribution in [0, 0.1) is 6.92 Å². The minimum Gasteiger partial charge on any atom is -0.387 e. The van der Waals surface area contributed by atoms with Gasteiger partial charge in [0.15, 0.2) is 0 Å². The molecule has 1 aromatic rings. The van der Waals surface area contributed by atoms with Crippen molar-refractivity contribution >= 4 is 11.8 Å². The highest BCUT2D eigenvalue weighted by molar-refractivity contribution is 7.99. The van der Waals surface area contributed by atoms with Gasteiger partial charge in [-0.05, 0) is 31.1 Å². The molecule has 3 heteroatoms. The molecule has 1 aliphatic rings. The molecule has 1 fully saturated rings. The first kappa shape index (κ1) is 11.0. The number of hydrogen-bond acceptors (Lipinski definition) is 3. The number of aryl methyl sites for hydroxylation is 1. The second kappa shape index (κ2) is 4.99. The predicted molar refractivity (Wildman–Crippen MR) is 64.0 cm³/mol. The van der Waals surface area contributed by atoms with Gasteiger partial charge in [0.2, 0.25) is 0 Å². The third-order valence-electron chi connectivity index (χ3n) is 2.80. The molecule has 2 nitrogen and oxygen atoms in total. The minimum atomic E-state index is -0.345. The Labute approximate surface area is 95.1 Å². The molecule has 0 aliphatic carbocycles. The molecule has 2 unspecified atom stereocenters. The van der Waals surface area contributed by atoms with Crippen LogP contribution < -0.4 is 0 Å². The number of nitrogens with zero attached hydrogens (tertiary/aromatic N) is 1. The number of thioether (sulfide) groups is 1. The second-order valence-corrected chi connectivity index (χ2v) is 5.49. The van der Waals surface area contributed by atoms with Gasteiger partial charge in [0, 0.05) is 23.2 Å². The summed E-state index contributed by atoms with van der Waals surface area (Å²) < 4.78 is 0. The molecule has 0 spiro atoms. The van der Waals surface area contributed by atoms with E-state index in [0.29, 0.717) is 5.25 Å². The standard InChI is InChI=1S/C12H17NOS/c1-9-6-10(8-13-7-9)12(14)11-4-2-3-5-15-11/h6-8,11-12,14H,2-5H2,1H3. The lowest BCUT2D eigenvalue weighted by molar-refractivity contribution is 0.168. The van der Waals surface area contributed by atoms with E-state index in [9.17, 15) is 5.11 Å². The Bertz CT molecular complexity index is 323. The maximum Gasteiger partial charge on any atom is 0.0923 e. The van der Waals surface area contributed by atoms with Gasteiger partial charge in [0.25, 0.3) is 0 Å². The normalized spacial score (nSPS) is 23.7. The molecular formula is C12H17NOS. The van der Waals surface area contributed by atoms with Gasteiger partial charge >= 0.3 is 0 Å². The van der Waals surface area contributed by atoms with Crippen LogP contribution in [0.2, 0.25) is 0 Å². The van der Waals surface area contributed by atoms with Crippen molar-refractivity contribution in [2.75, 3.05) is 5.75 Å². The van der Waals surface area contributed by atoms with Crippen molar-refractivity contribution in [1.82, 2.24) is 4.98 Å². The summed E-state index contributed by atoms with van der Waals surface area (Å²) in [5.74, 6) is 1.18. The Hall–Kier alpha value is -0.540. The second-order valence-electron chi connectivity index (χ2n) is 4.15. The smallest absolute Gasteiger partial charge is 0.0923 e. The quantitative estimate of drug-likeness (QED) is 0.837. The highest BCUT2D eigenvalue weighted by Crippen LogP contribution is 2.34. The van der Waals surface area contributed by atoms with Gasteiger partial charge in [-0.15, -0.1) is 0 Å². The topological polar surface area (TPSA) is 33.1 Å². The summed E-state index contributed by atoms with van der Waals surface area (Å²) in [5, 5.41) is 10.6. The largest absolute Gasteiger partial charge is 0.387 e. The van der Waals surface area contributed by atoms with Gasteiger partial charge in [0.1, 0.15) is 0 Å². The lowest BCUT2D eigenvalue weighted by Gasteiger charge is -2.26. The Morgan fingerprint density at radius 1 is 1.47 bits per heavy atom. The van der Waals surface area contributed by atoms with Gasteiger partial charge in [0.05, 0.1) is 6.10 Å². The predicted octanol–water partition coefficient (Wildman–Crippen LogP) is 2.71. The first-order valence-corrected chi connectivity index (χ1v) is 6.53. The third kappa shape index (κ3) is 2.73. The molecule has 82 valence electrons. The summed E-state index contributed by atoms with van der Waals surface area (Å²) in [6, 6.07) is 2.03. The summed E-state index contributed by atoms with van der Waals surface area (Å²) in [6.45, 7) is 2.01. The zero-order valence-corrected chi connectivity index (χ0v) is 9.83. The summed E-state index contributed by atoms with van der Waals surface area (Å²) in [7, 11) is 0. The van der Waals surface area contributed by atoms with E-state index in [2.05, 4.69) is 4.98 Å². The molecule has 2 rings (SSSR count). The number of aliphatic hydroxyl groups excluding tert-OH is 1. The highest BCUT2D eigenvalue weighted by Gasteiger charge is 2.23. The van der Waals surface area contributed by atoms with E-state index >= 15 is 0 Å². The van der Waals surface area contributed by atoms with Gasteiger partial charge in [-0.2, -0.15) is 11.8 Å². The van der Waals surface area contributed by atoms with Crippen LogP contribution in [0.3, 0.4) is 0 Å². The van der Waals surface area contributed by atoms with Crippen molar-refractivity contribution in [3.63, 3.8) is 0 Å². The van der Waals surface area contributed by atoms with E-state index in [-0.39, 0.29) is 6.10 Å². The van der Waals surface area contributed by atoms with Crippen molar-refractivity contribution in [3.8, 4) is 0 Å². The molecule has 0 radical (unpaired) electrons. The van der Waals surface area contributed by atoms with Crippen molar-refractivity contribution in [2.45, 2.75) is 37.5 Å². The van der Waals surface area contributed by atoms with Crippen molar-refractivity contribution < 1.29 is 5.11 Å². The SMILES string of the molecule is Cc1cncc(C(O)C2CCCCS2)c1. The van der Waals surface area contributed by atoms with E-state index in [1.807, 2.05) is 30.9 Å². The van der Waals surface area contributed by atoms with Crippen LogP contribution >= 0.6 is 11.8 Å². The van der Waals surface area contributed by atoms with Crippen LogP contribution in [0.25, 0.3) is 0 Å². The Morgan fingerprint density at radius 2 is 2.33 bits per heavy atom. The Balaban J connectivity index is 2.08. The molecule has 1 N–H and O–H groups in total. The van der Waals surface area contributed by atoms with E-state index in [4.69, 9.17) is 0 Å². The highest BCUT2D eigenvalue weighted by atomic mass is 32.2. The molecule has 0 aromatic carbocycles. The average Bonchev–Trinajstić information content (AvgIpc) is 2.29. The lowest BCUT2D eigenvalue weighted by Crippen LogP contribution is -2.19. The zero-order chi connectivity index (χ0) is 10.7. The molecule has 2 heterocycles. The molecule has 15 heavy (non-hydrogen) atoms. The summed E-state index contributed by atoms with van der Waals surface area (Å²) in [4.78, 5) is 4.13. The Kier molecular flexibility index (Phi) is 3.65. The third-order valence-corrected chi connectivity index (χ3v) is 4.25. The minimum absolute atomic E-state index is 0.345. The fraction of sp³-hybridized carbons (Fsp3) is 0.583. The van der Waals surface area contributed by atoms with Gasteiger partial charge in [-0.25, -0.2) is 0 Å². The molecule has 1 aromatic heterocycles. The first-order valence-electron chi connectivity index (χ1n) is 5.48. The first-order chi connectivity index (χ1) is 7.27. The maximum atomic E-state index is 10.2. The van der Waals surface area contributed by atoms with Crippen molar-refractivity contribution in [2.24, 2.45) is 0 Å². The maximum absolute atomic E-state index is 10.2. The molecule has 2 atom stereocenters. The number of aromatic nitrogens is 1. The van der Waals surface area contributed by atoms with Crippen LogP contribution in [0.5, 0.6) is 0 Å². The number of pyridine rings is 1. The molecule has 1 saturated heterocycles. The number of aliphatic hydroxyl groups is 1. The molecule has 0 bridgehead atoms. The molecule has 0 saturated carbocycles. The van der Waals surface area contributed by atoms with Crippen LogP contribution in [0.4, 0.5) is 0 Å². The van der Waals surface area contributed by atoms with Crippen molar-refractivity contribution in [3.05, 3.63) is 29.6 Å². The van der Waals surface area contributed by atoms with Gasteiger partial charge in [-0.3, -0.25) is 4.98 Å². The van der Waals surface area contributed by atoms with Crippen LogP contribution in [0.15, 0.2) is 18.5 Å². The van der Waals surface area contributed by atoms with Gasteiger partial charge in [-0.1, -0.05) is 12.5 Å². The van der Waals surface area contributed by atoms with E-state index in [1.54, 1.807) is 6.20 Å². The van der Waals surface area contributed by atoms with E-state index < -0.39 is 0 Å². The Morgan fingerprint density at radius 3 is 3.00 bits per heavy atom. The summed E-state index contributed by atoms with van der Waals surface area (Å²) in [6.07, 6.45) is 6.92. The van der Waals surface area contributed by atoms with Gasteiger partial charge < -0.3 is 5.11 Å². The molecular weight excluding hydrogens is 206 g/mol. The van der Waals surface area contributed by atoms with E-state index in [1.165, 1.54) is 18.6 Å². The summed E-state index contributed by atoms with van der Waals surface area (Å²) >= 11 is 1.89. The lowest BCUT2D eigenvalue weighted by atomic mass is 10.0. The number of rotatable bonds is 2.